The van der Waals surface area contributed by atoms with Crippen molar-refractivity contribution in [1.82, 2.24) is 4.98 Å². The molecule has 0 N–H and O–H groups in total. The van der Waals surface area contributed by atoms with Gasteiger partial charge in [-0.3, -0.25) is 4.79 Å². The minimum atomic E-state index is -0.110. The van der Waals surface area contributed by atoms with E-state index in [0.717, 1.165) is 9.35 Å². The summed E-state index contributed by atoms with van der Waals surface area (Å²) in [5, 5.41) is 2.64. The zero-order valence-electron chi connectivity index (χ0n) is 8.41. The summed E-state index contributed by atoms with van der Waals surface area (Å²) in [4.78, 5) is 16.9. The molecule has 0 unspecified atom stereocenters. The van der Waals surface area contributed by atoms with Crippen LogP contribution in [0.3, 0.4) is 0 Å². The van der Waals surface area contributed by atoms with Crippen LogP contribution < -0.4 is 0 Å². The Bertz CT molecular complexity index is 570. The van der Waals surface area contributed by atoms with Crippen molar-refractivity contribution in [3.8, 4) is 0 Å². The topological polar surface area (TPSA) is 30.0 Å². The van der Waals surface area contributed by atoms with E-state index < -0.39 is 0 Å². The summed E-state index contributed by atoms with van der Waals surface area (Å²) in [6, 6.07) is 3.43. The van der Waals surface area contributed by atoms with Gasteiger partial charge in [-0.05, 0) is 28.1 Å². The Balaban J connectivity index is 2.20. The summed E-state index contributed by atoms with van der Waals surface area (Å²) in [6.45, 7) is 0. The monoisotopic (exact) mass is 349 g/mol. The van der Waals surface area contributed by atoms with Gasteiger partial charge in [0.15, 0.2) is 5.78 Å². The van der Waals surface area contributed by atoms with Crippen LogP contribution in [0.25, 0.3) is 0 Å². The van der Waals surface area contributed by atoms with E-state index in [0.29, 0.717) is 11.4 Å². The first-order valence-corrected chi connectivity index (χ1v) is 7.06. The number of nitrogens with zero attached hydrogens (tertiary/aromatic N) is 1. The van der Waals surface area contributed by atoms with Crippen molar-refractivity contribution >= 4 is 56.3 Å². The fourth-order valence-corrected chi connectivity index (χ4v) is 3.24. The summed E-state index contributed by atoms with van der Waals surface area (Å²) < 4.78 is 0.973. The molecule has 6 heteroatoms. The molecule has 0 aliphatic carbocycles. The molecular formula is C11H6BrCl2NOS. The lowest BCUT2D eigenvalue weighted by atomic mass is 10.2. The molecule has 0 fully saturated rings. The largest absolute Gasteiger partial charge is 0.292 e. The SMILES string of the molecule is O=C(Cc1cc(Br)cs1)c1ncc(Cl)cc1Cl. The van der Waals surface area contributed by atoms with Gasteiger partial charge in [-0.15, -0.1) is 11.3 Å². The van der Waals surface area contributed by atoms with E-state index >= 15 is 0 Å². The second kappa shape index (κ2) is 5.48. The molecule has 0 bridgehead atoms. The predicted octanol–water partition coefficient (Wildman–Crippen LogP) is 4.64. The fraction of sp³-hybridized carbons (Fsp3) is 0.0909. The predicted molar refractivity (Wildman–Crippen MR) is 74.3 cm³/mol. The van der Waals surface area contributed by atoms with Crippen molar-refractivity contribution in [2.45, 2.75) is 6.42 Å². The van der Waals surface area contributed by atoms with Gasteiger partial charge >= 0.3 is 0 Å². The van der Waals surface area contributed by atoms with E-state index in [9.17, 15) is 4.79 Å². The number of hydrogen-bond donors (Lipinski definition) is 0. The third-order valence-electron chi connectivity index (χ3n) is 2.03. The van der Waals surface area contributed by atoms with Gasteiger partial charge in [-0.25, -0.2) is 4.98 Å². The van der Waals surface area contributed by atoms with Crippen LogP contribution in [0.4, 0.5) is 0 Å². The highest BCUT2D eigenvalue weighted by atomic mass is 79.9. The number of halogens is 3. The maximum atomic E-state index is 12.0. The molecule has 0 aliphatic rings. The molecule has 0 aromatic carbocycles. The van der Waals surface area contributed by atoms with Crippen molar-refractivity contribution in [3.63, 3.8) is 0 Å². The van der Waals surface area contributed by atoms with Crippen LogP contribution in [0.2, 0.25) is 10.0 Å². The Hall–Kier alpha value is -0.420. The van der Waals surface area contributed by atoms with Crippen LogP contribution >= 0.6 is 50.5 Å². The number of pyridine rings is 1. The van der Waals surface area contributed by atoms with Crippen LogP contribution in [-0.4, -0.2) is 10.8 Å². The van der Waals surface area contributed by atoms with E-state index in [1.165, 1.54) is 23.6 Å². The van der Waals surface area contributed by atoms with Crippen molar-refractivity contribution in [2.75, 3.05) is 0 Å². The number of carbonyl (C=O) groups excluding carboxylic acids is 1. The zero-order valence-corrected chi connectivity index (χ0v) is 12.3. The minimum absolute atomic E-state index is 0.110. The zero-order chi connectivity index (χ0) is 12.4. The number of Topliss-reactive ketones (excluding diaryl/α,β-unsaturated/α-hetero) is 1. The average molecular weight is 351 g/mol. The molecule has 0 spiro atoms. The van der Waals surface area contributed by atoms with Crippen molar-refractivity contribution < 1.29 is 4.79 Å². The third kappa shape index (κ3) is 3.28. The Kier molecular flexibility index (Phi) is 4.20. The summed E-state index contributed by atoms with van der Waals surface area (Å²) in [5.74, 6) is -0.110. The Morgan fingerprint density at radius 2 is 2.18 bits per heavy atom. The molecule has 0 atom stereocenters. The van der Waals surface area contributed by atoms with Gasteiger partial charge in [-0.1, -0.05) is 23.2 Å². The van der Waals surface area contributed by atoms with Gasteiger partial charge in [0.2, 0.25) is 0 Å². The van der Waals surface area contributed by atoms with E-state index in [-0.39, 0.29) is 16.5 Å². The van der Waals surface area contributed by atoms with E-state index in [4.69, 9.17) is 23.2 Å². The molecule has 0 radical (unpaired) electrons. The van der Waals surface area contributed by atoms with E-state index in [2.05, 4.69) is 20.9 Å². The van der Waals surface area contributed by atoms with Gasteiger partial charge in [-0.2, -0.15) is 0 Å². The molecule has 0 aliphatic heterocycles. The average Bonchev–Trinajstić information content (AvgIpc) is 2.63. The van der Waals surface area contributed by atoms with E-state index in [1.807, 2.05) is 11.4 Å². The molecule has 0 saturated heterocycles. The molecule has 2 nitrogen and oxygen atoms in total. The summed E-state index contributed by atoms with van der Waals surface area (Å²) in [7, 11) is 0. The van der Waals surface area contributed by atoms with Gasteiger partial charge < -0.3 is 0 Å². The highest BCUT2D eigenvalue weighted by Crippen LogP contribution is 2.23. The minimum Gasteiger partial charge on any atom is -0.292 e. The van der Waals surface area contributed by atoms with Crippen LogP contribution in [-0.2, 0) is 6.42 Å². The molecule has 2 aromatic heterocycles. The first-order chi connectivity index (χ1) is 8.06. The normalized spacial score (nSPS) is 10.5. The third-order valence-corrected chi connectivity index (χ3v) is 4.22. The maximum Gasteiger partial charge on any atom is 0.187 e. The Morgan fingerprint density at radius 1 is 1.41 bits per heavy atom. The lowest BCUT2D eigenvalue weighted by Gasteiger charge is -2.01. The van der Waals surface area contributed by atoms with Crippen LogP contribution in [0.15, 0.2) is 28.2 Å². The summed E-state index contributed by atoms with van der Waals surface area (Å²) >= 11 is 16.5. The lowest BCUT2D eigenvalue weighted by molar-refractivity contribution is 0.0989. The lowest BCUT2D eigenvalue weighted by Crippen LogP contribution is -2.05. The highest BCUT2D eigenvalue weighted by molar-refractivity contribution is 9.10. The maximum absolute atomic E-state index is 12.0. The number of thiophene rings is 1. The van der Waals surface area contributed by atoms with Crippen molar-refractivity contribution in [1.29, 1.82) is 0 Å². The second-order valence-corrected chi connectivity index (χ2v) is 6.07. The number of rotatable bonds is 3. The summed E-state index contributed by atoms with van der Waals surface area (Å²) in [6.07, 6.45) is 1.72. The second-order valence-electron chi connectivity index (χ2n) is 3.32. The Labute approximate surface area is 121 Å². The molecule has 88 valence electrons. The van der Waals surface area contributed by atoms with E-state index in [1.54, 1.807) is 0 Å². The van der Waals surface area contributed by atoms with Crippen molar-refractivity contribution in [2.24, 2.45) is 0 Å². The molecule has 2 heterocycles. The standard InChI is InChI=1S/C11H6BrCl2NOS/c12-6-1-8(17-5-6)3-10(16)11-9(14)2-7(13)4-15-11/h1-2,4-5H,3H2. The number of aromatic nitrogens is 1. The van der Waals surface area contributed by atoms with Gasteiger partial charge in [0, 0.05) is 27.3 Å². The molecular weight excluding hydrogens is 345 g/mol. The molecule has 2 aromatic rings. The van der Waals surface area contributed by atoms with Crippen LogP contribution in [0, 0.1) is 0 Å². The molecule has 2 rings (SSSR count). The number of hydrogen-bond acceptors (Lipinski definition) is 3. The van der Waals surface area contributed by atoms with Crippen LogP contribution in [0.1, 0.15) is 15.4 Å². The van der Waals surface area contributed by atoms with Crippen LogP contribution in [0.5, 0.6) is 0 Å². The summed E-state index contributed by atoms with van der Waals surface area (Å²) in [5.41, 5.74) is 0.264. The Morgan fingerprint density at radius 3 is 2.76 bits per heavy atom. The first-order valence-electron chi connectivity index (χ1n) is 4.63. The van der Waals surface area contributed by atoms with Gasteiger partial charge in [0.25, 0.3) is 0 Å². The smallest absolute Gasteiger partial charge is 0.187 e. The number of carbonyl (C=O) groups is 1. The highest BCUT2D eigenvalue weighted by Gasteiger charge is 2.14. The molecule has 0 saturated carbocycles. The van der Waals surface area contributed by atoms with Gasteiger partial charge in [0.05, 0.1) is 10.0 Å². The quantitative estimate of drug-likeness (QED) is 0.755. The molecule has 17 heavy (non-hydrogen) atoms. The number of ketones is 1. The fourth-order valence-electron chi connectivity index (χ4n) is 1.31. The van der Waals surface area contributed by atoms with Crippen molar-refractivity contribution in [3.05, 3.63) is 48.8 Å². The molecule has 0 amide bonds. The van der Waals surface area contributed by atoms with Gasteiger partial charge in [0.1, 0.15) is 5.69 Å². The first kappa shape index (κ1) is 13.0.